The predicted molar refractivity (Wildman–Crippen MR) is 87.0 cm³/mol. The quantitative estimate of drug-likeness (QED) is 0.318. The maximum Gasteiger partial charge on any atom is 0.303 e. The van der Waals surface area contributed by atoms with Crippen LogP contribution in [0.3, 0.4) is 0 Å². The first-order valence-electron chi connectivity index (χ1n) is 8.29. The fourth-order valence-corrected chi connectivity index (χ4v) is 2.11. The van der Waals surface area contributed by atoms with E-state index in [1.807, 2.05) is 0 Å². The Balaban J connectivity index is 3.12. The van der Waals surface area contributed by atoms with Crippen molar-refractivity contribution in [1.29, 1.82) is 0 Å². The second-order valence-electron chi connectivity index (χ2n) is 5.34. The smallest absolute Gasteiger partial charge is 0.303 e. The highest BCUT2D eigenvalue weighted by atomic mass is 16.4. The second-order valence-corrected chi connectivity index (χ2v) is 5.34. The van der Waals surface area contributed by atoms with Crippen molar-refractivity contribution in [2.45, 2.75) is 84.0 Å². The zero-order chi connectivity index (χ0) is 14.9. The lowest BCUT2D eigenvalue weighted by atomic mass is 10.1. The second kappa shape index (κ2) is 16.0. The fourth-order valence-electron chi connectivity index (χ4n) is 2.11. The van der Waals surface area contributed by atoms with Crippen LogP contribution in [0.1, 0.15) is 84.0 Å². The van der Waals surface area contributed by atoms with Crippen LogP contribution < -0.4 is 0 Å². The molecule has 0 amide bonds. The van der Waals surface area contributed by atoms with E-state index >= 15 is 0 Å². The number of allylic oxidation sites excluding steroid dienone is 4. The third kappa shape index (κ3) is 16.9. The standard InChI is InChI=1S/C18H32O2/c1-2-3-4-5-6-7-8-9-10-11-12-13-14-15-16-17-18(19)20/h3-4,11-12H,2,5-10,13-17H2,1H3,(H,19,20). The van der Waals surface area contributed by atoms with Crippen molar-refractivity contribution in [1.82, 2.24) is 0 Å². The van der Waals surface area contributed by atoms with Crippen molar-refractivity contribution in [3.8, 4) is 0 Å². The maximum atomic E-state index is 10.3. The first-order valence-corrected chi connectivity index (χ1v) is 8.29. The van der Waals surface area contributed by atoms with Gasteiger partial charge in [-0.3, -0.25) is 4.79 Å². The van der Waals surface area contributed by atoms with Gasteiger partial charge in [0.25, 0.3) is 0 Å². The van der Waals surface area contributed by atoms with E-state index in [-0.39, 0.29) is 0 Å². The van der Waals surface area contributed by atoms with E-state index in [1.54, 1.807) is 0 Å². The van der Waals surface area contributed by atoms with E-state index in [0.717, 1.165) is 32.1 Å². The molecule has 2 nitrogen and oxygen atoms in total. The largest absolute Gasteiger partial charge is 0.481 e. The van der Waals surface area contributed by atoms with E-state index in [1.165, 1.54) is 38.5 Å². The molecule has 0 saturated carbocycles. The van der Waals surface area contributed by atoms with Gasteiger partial charge in [0.05, 0.1) is 0 Å². The van der Waals surface area contributed by atoms with E-state index in [4.69, 9.17) is 5.11 Å². The van der Waals surface area contributed by atoms with Crippen LogP contribution in [0.25, 0.3) is 0 Å². The van der Waals surface area contributed by atoms with Gasteiger partial charge >= 0.3 is 5.97 Å². The Bertz CT molecular complexity index is 267. The number of hydrogen-bond acceptors (Lipinski definition) is 1. The molecular weight excluding hydrogens is 248 g/mol. The molecule has 0 bridgehead atoms. The summed E-state index contributed by atoms with van der Waals surface area (Å²) in [5.41, 5.74) is 0. The molecule has 0 aromatic carbocycles. The van der Waals surface area contributed by atoms with Crippen LogP contribution in [-0.2, 0) is 4.79 Å². The summed E-state index contributed by atoms with van der Waals surface area (Å²) in [7, 11) is 0. The summed E-state index contributed by atoms with van der Waals surface area (Å²) in [6.45, 7) is 2.18. The highest BCUT2D eigenvalue weighted by Gasteiger charge is 1.94. The Morgan fingerprint density at radius 1 is 0.750 bits per heavy atom. The first-order chi connectivity index (χ1) is 9.77. The van der Waals surface area contributed by atoms with Gasteiger partial charge in [-0.2, -0.15) is 0 Å². The molecule has 116 valence electrons. The van der Waals surface area contributed by atoms with Crippen LogP contribution in [0.15, 0.2) is 24.3 Å². The molecule has 0 radical (unpaired) electrons. The number of carboxylic acid groups (broad SMARTS) is 1. The van der Waals surface area contributed by atoms with Gasteiger partial charge < -0.3 is 5.11 Å². The minimum absolute atomic E-state index is 0.317. The topological polar surface area (TPSA) is 37.3 Å². The van der Waals surface area contributed by atoms with Gasteiger partial charge in [0.2, 0.25) is 0 Å². The Labute approximate surface area is 125 Å². The summed E-state index contributed by atoms with van der Waals surface area (Å²) < 4.78 is 0. The first kappa shape index (κ1) is 18.9. The van der Waals surface area contributed by atoms with E-state index in [0.29, 0.717) is 6.42 Å². The molecule has 1 N–H and O–H groups in total. The molecule has 0 unspecified atom stereocenters. The van der Waals surface area contributed by atoms with Gasteiger partial charge in [-0.15, -0.1) is 0 Å². The molecule has 0 aliphatic heterocycles. The summed E-state index contributed by atoms with van der Waals surface area (Å²) in [5, 5.41) is 8.50. The van der Waals surface area contributed by atoms with Crippen molar-refractivity contribution >= 4 is 5.97 Å². The van der Waals surface area contributed by atoms with Crippen LogP contribution in [0, 0.1) is 0 Å². The number of carboxylic acids is 1. The number of unbranched alkanes of at least 4 members (excludes halogenated alkanes) is 8. The fraction of sp³-hybridized carbons (Fsp3) is 0.722. The summed E-state index contributed by atoms with van der Waals surface area (Å²) in [5.74, 6) is -0.675. The molecule has 0 aromatic rings. The lowest BCUT2D eigenvalue weighted by Gasteiger charge is -1.97. The average Bonchev–Trinajstić information content (AvgIpc) is 2.43. The van der Waals surface area contributed by atoms with Crippen LogP contribution in [0.2, 0.25) is 0 Å². The van der Waals surface area contributed by atoms with Crippen molar-refractivity contribution in [3.05, 3.63) is 24.3 Å². The predicted octanol–water partition coefficient (Wildman–Crippen LogP) is 5.88. The summed E-state index contributed by atoms with van der Waals surface area (Å²) in [4.78, 5) is 10.3. The minimum Gasteiger partial charge on any atom is -0.481 e. The van der Waals surface area contributed by atoms with E-state index < -0.39 is 5.97 Å². The molecule has 20 heavy (non-hydrogen) atoms. The summed E-state index contributed by atoms with van der Waals surface area (Å²) >= 11 is 0. The lowest BCUT2D eigenvalue weighted by molar-refractivity contribution is -0.137. The van der Waals surface area contributed by atoms with Crippen molar-refractivity contribution in [3.63, 3.8) is 0 Å². The average molecular weight is 280 g/mol. The Morgan fingerprint density at radius 2 is 1.20 bits per heavy atom. The Morgan fingerprint density at radius 3 is 1.65 bits per heavy atom. The Kier molecular flexibility index (Phi) is 15.2. The number of rotatable bonds is 14. The molecule has 2 heteroatoms. The van der Waals surface area contributed by atoms with Crippen LogP contribution in [0.5, 0.6) is 0 Å². The van der Waals surface area contributed by atoms with Gasteiger partial charge in [-0.1, -0.05) is 50.5 Å². The molecule has 0 spiro atoms. The van der Waals surface area contributed by atoms with E-state index in [2.05, 4.69) is 31.2 Å². The van der Waals surface area contributed by atoms with Crippen molar-refractivity contribution in [2.75, 3.05) is 0 Å². The molecule has 0 aliphatic rings. The van der Waals surface area contributed by atoms with Crippen molar-refractivity contribution < 1.29 is 9.90 Å². The normalized spacial score (nSPS) is 11.7. The highest BCUT2D eigenvalue weighted by Crippen LogP contribution is 2.08. The number of hydrogen-bond donors (Lipinski definition) is 1. The monoisotopic (exact) mass is 280 g/mol. The molecule has 0 aliphatic carbocycles. The zero-order valence-electron chi connectivity index (χ0n) is 13.2. The molecule has 0 fully saturated rings. The number of aliphatic carboxylic acids is 1. The third-order valence-corrected chi connectivity index (χ3v) is 3.32. The van der Waals surface area contributed by atoms with Gasteiger partial charge in [0, 0.05) is 6.42 Å². The minimum atomic E-state index is -0.675. The van der Waals surface area contributed by atoms with Gasteiger partial charge in [0.1, 0.15) is 0 Å². The SMILES string of the molecule is CCC=CCCCCCCC=CCCCCCC(=O)O. The molecule has 0 saturated heterocycles. The summed E-state index contributed by atoms with van der Waals surface area (Å²) in [6.07, 6.45) is 22.4. The third-order valence-electron chi connectivity index (χ3n) is 3.32. The molecular formula is C18H32O2. The Hall–Kier alpha value is -1.05. The molecule has 0 atom stereocenters. The van der Waals surface area contributed by atoms with Gasteiger partial charge in [-0.25, -0.2) is 0 Å². The molecule has 0 heterocycles. The van der Waals surface area contributed by atoms with Crippen LogP contribution >= 0.6 is 0 Å². The molecule has 0 rings (SSSR count). The lowest BCUT2D eigenvalue weighted by Crippen LogP contribution is -1.93. The van der Waals surface area contributed by atoms with Gasteiger partial charge in [-0.05, 0) is 51.4 Å². The zero-order valence-corrected chi connectivity index (χ0v) is 13.2. The molecule has 0 aromatic heterocycles. The summed E-state index contributed by atoms with van der Waals surface area (Å²) in [6, 6.07) is 0. The van der Waals surface area contributed by atoms with E-state index in [9.17, 15) is 4.79 Å². The van der Waals surface area contributed by atoms with Gasteiger partial charge in [0.15, 0.2) is 0 Å². The van der Waals surface area contributed by atoms with Crippen molar-refractivity contribution in [2.24, 2.45) is 0 Å². The number of carbonyl (C=O) groups is 1. The van der Waals surface area contributed by atoms with Crippen LogP contribution in [-0.4, -0.2) is 11.1 Å². The highest BCUT2D eigenvalue weighted by molar-refractivity contribution is 5.66. The van der Waals surface area contributed by atoms with Crippen LogP contribution in [0.4, 0.5) is 0 Å². The maximum absolute atomic E-state index is 10.3.